The van der Waals surface area contributed by atoms with E-state index in [4.69, 9.17) is 0 Å². The minimum Gasteiger partial charge on any atom is -0.423 e. The van der Waals surface area contributed by atoms with Gasteiger partial charge >= 0.3 is 32.7 Å². The van der Waals surface area contributed by atoms with Gasteiger partial charge in [-0.3, -0.25) is 0 Å². The molecular weight excluding hydrogens is 247 g/mol. The van der Waals surface area contributed by atoms with Crippen molar-refractivity contribution in [2.45, 2.75) is 19.9 Å². The molecule has 0 N–H and O–H groups in total. The number of rotatable bonds is 3. The third-order valence-electron chi connectivity index (χ3n) is 2.17. The fourth-order valence-corrected chi connectivity index (χ4v) is 1.05. The van der Waals surface area contributed by atoms with Crippen molar-refractivity contribution in [1.82, 2.24) is 0 Å². The third kappa shape index (κ3) is 4.57. The van der Waals surface area contributed by atoms with Gasteiger partial charge in [-0.2, -0.15) is 31.2 Å². The molecule has 0 saturated carbocycles. The number of anilines is 1. The zero-order chi connectivity index (χ0) is 8.97. The SMILES string of the molecule is C[CH-]C(C)N(C)c1[c-]cccc1.[CH3-].[Y+3]. The molecule has 0 heterocycles. The summed E-state index contributed by atoms with van der Waals surface area (Å²) in [6.07, 6.45) is 2.17. The molecule has 0 aliphatic rings. The van der Waals surface area contributed by atoms with E-state index in [1.54, 1.807) is 0 Å². The van der Waals surface area contributed by atoms with E-state index in [0.29, 0.717) is 6.04 Å². The fraction of sp³-hybridized carbons (Fsp3) is 0.333. The van der Waals surface area contributed by atoms with Crippen LogP contribution in [0, 0.1) is 19.9 Å². The third-order valence-corrected chi connectivity index (χ3v) is 2.17. The van der Waals surface area contributed by atoms with Gasteiger partial charge in [0.2, 0.25) is 0 Å². The standard InChI is InChI=1S/C11H15N.CH3.Y/c1-4-10(2)12(3)11-8-6-5-7-9-11;;/h4-8,10H,1-3H3;1H3;/q-2;-1;+3. The molecule has 0 bridgehead atoms. The molecule has 0 aliphatic carbocycles. The van der Waals surface area contributed by atoms with Crippen LogP contribution in [0.15, 0.2) is 24.3 Å². The number of hydrogen-bond donors (Lipinski definition) is 0. The zero-order valence-corrected chi connectivity index (χ0v) is 12.3. The van der Waals surface area contributed by atoms with E-state index in [1.165, 1.54) is 0 Å². The van der Waals surface area contributed by atoms with E-state index in [0.717, 1.165) is 5.69 Å². The molecule has 0 radical (unpaired) electrons. The molecule has 0 saturated heterocycles. The molecule has 0 spiro atoms. The van der Waals surface area contributed by atoms with Crippen LogP contribution < -0.4 is 4.90 Å². The number of hydrogen-bond acceptors (Lipinski definition) is 1. The summed E-state index contributed by atoms with van der Waals surface area (Å²) < 4.78 is 0. The Morgan fingerprint density at radius 2 is 2.07 bits per heavy atom. The molecule has 0 amide bonds. The Morgan fingerprint density at radius 1 is 1.43 bits per heavy atom. The summed E-state index contributed by atoms with van der Waals surface area (Å²) in [5.74, 6) is 0. The molecule has 1 nitrogen and oxygen atoms in total. The first-order valence-electron chi connectivity index (χ1n) is 4.24. The molecule has 1 rings (SSSR count). The van der Waals surface area contributed by atoms with Crippen molar-refractivity contribution in [2.24, 2.45) is 0 Å². The van der Waals surface area contributed by atoms with Crippen molar-refractivity contribution in [1.29, 1.82) is 0 Å². The first-order chi connectivity index (χ1) is 5.75. The average molecular weight is 265 g/mol. The number of nitrogens with zero attached hydrogens (tertiary/aromatic N) is 1. The van der Waals surface area contributed by atoms with Crippen LogP contribution >= 0.6 is 0 Å². The van der Waals surface area contributed by atoms with Crippen LogP contribution in [0.1, 0.15) is 13.8 Å². The Hall–Kier alpha value is 0.124. The van der Waals surface area contributed by atoms with E-state index in [2.05, 4.69) is 44.3 Å². The van der Waals surface area contributed by atoms with Crippen molar-refractivity contribution < 1.29 is 32.7 Å². The minimum absolute atomic E-state index is 0. The maximum atomic E-state index is 3.19. The van der Waals surface area contributed by atoms with Gasteiger partial charge in [-0.05, 0) is 0 Å². The number of para-hydroxylation sites is 1. The number of benzene rings is 1. The molecule has 1 aromatic rings. The monoisotopic (exact) mass is 265 g/mol. The van der Waals surface area contributed by atoms with E-state index < -0.39 is 0 Å². The summed E-state index contributed by atoms with van der Waals surface area (Å²) in [4.78, 5) is 2.19. The quantitative estimate of drug-likeness (QED) is 0.759. The van der Waals surface area contributed by atoms with Crippen molar-refractivity contribution in [3.05, 3.63) is 44.2 Å². The Morgan fingerprint density at radius 3 is 2.50 bits per heavy atom. The van der Waals surface area contributed by atoms with Gasteiger partial charge in [-0.1, -0.05) is 18.7 Å². The molecule has 0 aromatic heterocycles. The van der Waals surface area contributed by atoms with Gasteiger partial charge in [-0.25, -0.2) is 0 Å². The molecule has 1 unspecified atom stereocenters. The van der Waals surface area contributed by atoms with Gasteiger partial charge in [0.25, 0.3) is 0 Å². The second kappa shape index (κ2) is 8.43. The van der Waals surface area contributed by atoms with Crippen molar-refractivity contribution in [2.75, 3.05) is 11.9 Å². The summed E-state index contributed by atoms with van der Waals surface area (Å²) >= 11 is 0. The topological polar surface area (TPSA) is 3.24 Å². The van der Waals surface area contributed by atoms with Crippen LogP contribution in [0.4, 0.5) is 5.69 Å². The Bertz CT molecular complexity index is 223. The summed E-state index contributed by atoms with van der Waals surface area (Å²) in [5.41, 5.74) is 1.14. The Kier molecular flexibility index (Phi) is 9.97. The normalized spacial score (nSPS) is 10.8. The van der Waals surface area contributed by atoms with Crippen molar-refractivity contribution in [3.63, 3.8) is 0 Å². The molecule has 2 heteroatoms. The van der Waals surface area contributed by atoms with Crippen molar-refractivity contribution in [3.8, 4) is 0 Å². The molecular formula is C12H18NY. The molecule has 0 aliphatic heterocycles. The van der Waals surface area contributed by atoms with Crippen LogP contribution in [0.5, 0.6) is 0 Å². The van der Waals surface area contributed by atoms with Gasteiger partial charge in [-0.15, -0.1) is 6.07 Å². The van der Waals surface area contributed by atoms with Crippen molar-refractivity contribution >= 4 is 5.69 Å². The van der Waals surface area contributed by atoms with E-state index in [-0.39, 0.29) is 40.1 Å². The predicted molar refractivity (Wildman–Crippen MR) is 59.5 cm³/mol. The second-order valence-corrected chi connectivity index (χ2v) is 2.93. The van der Waals surface area contributed by atoms with Gasteiger partial charge in [0.05, 0.1) is 0 Å². The van der Waals surface area contributed by atoms with Crippen LogP contribution in [-0.4, -0.2) is 13.1 Å². The molecule has 74 valence electrons. The maximum absolute atomic E-state index is 3.19. The van der Waals surface area contributed by atoms with Crippen LogP contribution in [0.3, 0.4) is 0 Å². The van der Waals surface area contributed by atoms with Gasteiger partial charge in [0.15, 0.2) is 0 Å². The molecule has 0 fully saturated rings. The first-order valence-corrected chi connectivity index (χ1v) is 4.24. The van der Waals surface area contributed by atoms with E-state index >= 15 is 0 Å². The Labute approximate surface area is 114 Å². The summed E-state index contributed by atoms with van der Waals surface area (Å²) in [6, 6.07) is 11.7. The predicted octanol–water partition coefficient (Wildman–Crippen LogP) is 2.98. The van der Waals surface area contributed by atoms with Crippen LogP contribution in [0.2, 0.25) is 0 Å². The molecule has 1 atom stereocenters. The van der Waals surface area contributed by atoms with E-state index in [1.807, 2.05) is 18.2 Å². The average Bonchev–Trinajstić information content (AvgIpc) is 2.17. The summed E-state index contributed by atoms with van der Waals surface area (Å²) in [5, 5.41) is 0. The van der Waals surface area contributed by atoms with E-state index in [9.17, 15) is 0 Å². The van der Waals surface area contributed by atoms with Gasteiger partial charge < -0.3 is 18.7 Å². The summed E-state index contributed by atoms with van der Waals surface area (Å²) in [7, 11) is 2.08. The minimum atomic E-state index is 0. The fourth-order valence-electron chi connectivity index (χ4n) is 1.05. The molecule has 14 heavy (non-hydrogen) atoms. The molecule has 1 aromatic carbocycles. The first kappa shape index (κ1) is 16.5. The zero-order valence-electron chi connectivity index (χ0n) is 9.49. The smallest absolute Gasteiger partial charge is 0.423 e. The largest absolute Gasteiger partial charge is 3.00 e. The van der Waals surface area contributed by atoms with Gasteiger partial charge in [0.1, 0.15) is 0 Å². The maximum Gasteiger partial charge on any atom is 3.00 e. The second-order valence-electron chi connectivity index (χ2n) is 2.93. The Balaban J connectivity index is 0. The van der Waals surface area contributed by atoms with Crippen LogP contribution in [0.25, 0.3) is 0 Å². The summed E-state index contributed by atoms with van der Waals surface area (Å²) in [6.45, 7) is 4.24. The van der Waals surface area contributed by atoms with Crippen LogP contribution in [-0.2, 0) is 32.7 Å². The van der Waals surface area contributed by atoms with Gasteiger partial charge in [0, 0.05) is 7.05 Å².